The highest BCUT2D eigenvalue weighted by molar-refractivity contribution is 7.17. The van der Waals surface area contributed by atoms with Crippen molar-refractivity contribution >= 4 is 44.9 Å². The van der Waals surface area contributed by atoms with Gasteiger partial charge >= 0.3 is 5.97 Å². The monoisotopic (exact) mass is 353 g/mol. The third-order valence-electron chi connectivity index (χ3n) is 4.10. The lowest BCUT2D eigenvalue weighted by molar-refractivity contribution is -0.152. The first-order valence-electron chi connectivity index (χ1n) is 7.28. The van der Waals surface area contributed by atoms with Crippen LogP contribution in [0.3, 0.4) is 0 Å². The van der Waals surface area contributed by atoms with Crippen molar-refractivity contribution in [3.63, 3.8) is 0 Å². The second-order valence-electron chi connectivity index (χ2n) is 5.63. The van der Waals surface area contributed by atoms with Gasteiger partial charge in [-0.3, -0.25) is 4.79 Å². The molecule has 0 bridgehead atoms. The zero-order valence-corrected chi connectivity index (χ0v) is 13.9. The van der Waals surface area contributed by atoms with E-state index in [2.05, 4.69) is 5.32 Å². The van der Waals surface area contributed by atoms with Crippen LogP contribution in [0.15, 0.2) is 23.6 Å². The van der Waals surface area contributed by atoms with Gasteiger partial charge in [-0.2, -0.15) is 0 Å². The van der Waals surface area contributed by atoms with Crippen molar-refractivity contribution in [3.8, 4) is 0 Å². The van der Waals surface area contributed by atoms with Gasteiger partial charge in [-0.05, 0) is 34.5 Å². The molecule has 0 saturated carbocycles. The summed E-state index contributed by atoms with van der Waals surface area (Å²) in [7, 11) is 0. The lowest BCUT2D eigenvalue weighted by atomic mass is 9.90. The number of hydrogen-bond donors (Lipinski definition) is 2. The SMILES string of the molecule is O=C(Cc1csc2ccc(Cl)cc12)NC1(C(=O)O)CCOCC1. The Morgan fingerprint density at radius 3 is 2.78 bits per heavy atom. The molecule has 0 unspecified atom stereocenters. The number of aliphatic carboxylic acids is 1. The van der Waals surface area contributed by atoms with E-state index < -0.39 is 11.5 Å². The number of carbonyl (C=O) groups excluding carboxylic acids is 1. The molecule has 3 rings (SSSR count). The second-order valence-corrected chi connectivity index (χ2v) is 6.97. The van der Waals surface area contributed by atoms with Gasteiger partial charge in [0.2, 0.25) is 5.91 Å². The number of halogens is 1. The van der Waals surface area contributed by atoms with Crippen molar-refractivity contribution in [2.45, 2.75) is 24.8 Å². The minimum absolute atomic E-state index is 0.135. The van der Waals surface area contributed by atoms with E-state index in [-0.39, 0.29) is 25.2 Å². The second kappa shape index (κ2) is 6.47. The summed E-state index contributed by atoms with van der Waals surface area (Å²) in [6.07, 6.45) is 0.699. The molecule has 0 radical (unpaired) electrons. The molecule has 1 aliphatic rings. The average molecular weight is 354 g/mol. The Balaban J connectivity index is 1.77. The third kappa shape index (κ3) is 3.34. The van der Waals surface area contributed by atoms with E-state index in [4.69, 9.17) is 16.3 Å². The van der Waals surface area contributed by atoms with Gasteiger partial charge < -0.3 is 15.2 Å². The molecular weight excluding hydrogens is 338 g/mol. The lowest BCUT2D eigenvalue weighted by Gasteiger charge is -2.33. The van der Waals surface area contributed by atoms with E-state index in [1.54, 1.807) is 11.3 Å². The van der Waals surface area contributed by atoms with Crippen molar-refractivity contribution in [1.29, 1.82) is 0 Å². The van der Waals surface area contributed by atoms with Gasteiger partial charge in [0.05, 0.1) is 6.42 Å². The van der Waals surface area contributed by atoms with Crippen LogP contribution in [0.5, 0.6) is 0 Å². The number of carbonyl (C=O) groups is 2. The number of benzene rings is 1. The van der Waals surface area contributed by atoms with Crippen LogP contribution in [0.4, 0.5) is 0 Å². The molecule has 1 fully saturated rings. The maximum Gasteiger partial charge on any atom is 0.329 e. The molecule has 122 valence electrons. The Morgan fingerprint density at radius 2 is 2.09 bits per heavy atom. The maximum absolute atomic E-state index is 12.4. The van der Waals surface area contributed by atoms with Crippen LogP contribution in [0.1, 0.15) is 18.4 Å². The summed E-state index contributed by atoms with van der Waals surface area (Å²) < 4.78 is 6.26. The van der Waals surface area contributed by atoms with Crippen LogP contribution < -0.4 is 5.32 Å². The predicted octanol–water partition coefficient (Wildman–Crippen LogP) is 2.85. The molecule has 23 heavy (non-hydrogen) atoms. The minimum Gasteiger partial charge on any atom is -0.480 e. The van der Waals surface area contributed by atoms with Crippen molar-refractivity contribution in [2.24, 2.45) is 0 Å². The number of ether oxygens (including phenoxy) is 1. The topological polar surface area (TPSA) is 75.6 Å². The van der Waals surface area contributed by atoms with Gasteiger partial charge in [0.15, 0.2) is 0 Å². The molecular formula is C16H16ClNO4S. The van der Waals surface area contributed by atoms with Gasteiger partial charge in [-0.25, -0.2) is 4.79 Å². The molecule has 2 heterocycles. The fourth-order valence-electron chi connectivity index (χ4n) is 2.79. The maximum atomic E-state index is 12.4. The van der Waals surface area contributed by atoms with E-state index in [0.29, 0.717) is 18.2 Å². The van der Waals surface area contributed by atoms with Crippen molar-refractivity contribution in [3.05, 3.63) is 34.2 Å². The van der Waals surface area contributed by atoms with E-state index >= 15 is 0 Å². The molecule has 0 spiro atoms. The highest BCUT2D eigenvalue weighted by Gasteiger charge is 2.41. The zero-order chi connectivity index (χ0) is 16.4. The Kier molecular flexibility index (Phi) is 4.57. The summed E-state index contributed by atoms with van der Waals surface area (Å²) >= 11 is 7.56. The van der Waals surface area contributed by atoms with Crippen molar-refractivity contribution in [2.75, 3.05) is 13.2 Å². The van der Waals surface area contributed by atoms with Crippen LogP contribution in [-0.4, -0.2) is 35.7 Å². The molecule has 7 heteroatoms. The number of carboxylic acid groups (broad SMARTS) is 1. The number of nitrogens with one attached hydrogen (secondary N) is 1. The molecule has 0 aliphatic carbocycles. The lowest BCUT2D eigenvalue weighted by Crippen LogP contribution is -2.57. The average Bonchev–Trinajstić information content (AvgIpc) is 2.90. The predicted molar refractivity (Wildman–Crippen MR) is 89.1 cm³/mol. The van der Waals surface area contributed by atoms with Gasteiger partial charge in [-0.1, -0.05) is 11.6 Å². The molecule has 5 nitrogen and oxygen atoms in total. The fraction of sp³-hybridized carbons (Fsp3) is 0.375. The van der Waals surface area contributed by atoms with Crippen LogP contribution in [0.2, 0.25) is 5.02 Å². The van der Waals surface area contributed by atoms with E-state index in [9.17, 15) is 14.7 Å². The number of carboxylic acids is 1. The number of rotatable bonds is 4. The van der Waals surface area contributed by atoms with E-state index in [0.717, 1.165) is 15.6 Å². The van der Waals surface area contributed by atoms with Crippen LogP contribution in [0, 0.1) is 0 Å². The number of fused-ring (bicyclic) bond motifs is 1. The highest BCUT2D eigenvalue weighted by Crippen LogP contribution is 2.29. The quantitative estimate of drug-likeness (QED) is 0.886. The first kappa shape index (κ1) is 16.2. The summed E-state index contributed by atoms with van der Waals surface area (Å²) in [5, 5.41) is 15.7. The van der Waals surface area contributed by atoms with Gasteiger partial charge in [-0.15, -0.1) is 11.3 Å². The first-order chi connectivity index (χ1) is 11.0. The van der Waals surface area contributed by atoms with Gasteiger partial charge in [0, 0.05) is 35.8 Å². The van der Waals surface area contributed by atoms with E-state index in [1.165, 1.54) is 0 Å². The first-order valence-corrected chi connectivity index (χ1v) is 8.54. The summed E-state index contributed by atoms with van der Waals surface area (Å²) in [5.74, 6) is -1.30. The summed E-state index contributed by atoms with van der Waals surface area (Å²) in [6.45, 7) is 0.674. The van der Waals surface area contributed by atoms with Crippen molar-refractivity contribution in [1.82, 2.24) is 5.32 Å². The molecule has 1 aromatic heterocycles. The molecule has 1 saturated heterocycles. The largest absolute Gasteiger partial charge is 0.480 e. The minimum atomic E-state index is -1.22. The fourth-order valence-corrected chi connectivity index (χ4v) is 3.90. The van der Waals surface area contributed by atoms with Crippen LogP contribution >= 0.6 is 22.9 Å². The Bertz CT molecular complexity index is 752. The van der Waals surface area contributed by atoms with Crippen molar-refractivity contribution < 1.29 is 19.4 Å². The summed E-state index contributed by atoms with van der Waals surface area (Å²) in [6, 6.07) is 5.56. The normalized spacial score (nSPS) is 17.1. The molecule has 0 atom stereocenters. The zero-order valence-electron chi connectivity index (χ0n) is 12.3. The number of amides is 1. The number of hydrogen-bond acceptors (Lipinski definition) is 4. The Hall–Kier alpha value is -1.63. The summed E-state index contributed by atoms with van der Waals surface area (Å²) in [5.41, 5.74) is -0.365. The van der Waals surface area contributed by atoms with Crippen LogP contribution in [0.25, 0.3) is 10.1 Å². The third-order valence-corrected chi connectivity index (χ3v) is 5.35. The van der Waals surface area contributed by atoms with Gasteiger partial charge in [0.25, 0.3) is 0 Å². The smallest absolute Gasteiger partial charge is 0.329 e. The van der Waals surface area contributed by atoms with E-state index in [1.807, 2.05) is 23.6 Å². The Labute approximate surface area is 142 Å². The summed E-state index contributed by atoms with van der Waals surface area (Å²) in [4.78, 5) is 24.0. The highest BCUT2D eigenvalue weighted by atomic mass is 35.5. The number of thiophene rings is 1. The molecule has 2 N–H and O–H groups in total. The molecule has 2 aromatic rings. The molecule has 1 aliphatic heterocycles. The van der Waals surface area contributed by atoms with Crippen LogP contribution in [-0.2, 0) is 20.7 Å². The standard InChI is InChI=1S/C16H16ClNO4S/c17-11-1-2-13-12(8-11)10(9-23-13)7-14(19)18-16(15(20)21)3-5-22-6-4-16/h1-2,8-9H,3-7H2,(H,18,19)(H,20,21). The molecule has 1 aromatic carbocycles. The van der Waals surface area contributed by atoms with Gasteiger partial charge in [0.1, 0.15) is 5.54 Å². The Morgan fingerprint density at radius 1 is 1.35 bits per heavy atom. The molecule has 1 amide bonds.